The number of H-pyrrole nitrogens is 1. The van der Waals surface area contributed by atoms with Gasteiger partial charge >= 0.3 is 0 Å². The molecule has 2 aromatic rings. The maximum Gasteiger partial charge on any atom is 0.272 e. The Kier molecular flexibility index (Phi) is 5.53. The predicted molar refractivity (Wildman–Crippen MR) is 96.3 cm³/mol. The van der Waals surface area contributed by atoms with Gasteiger partial charge in [0.25, 0.3) is 5.91 Å². The van der Waals surface area contributed by atoms with Crippen molar-refractivity contribution < 1.29 is 4.79 Å². The summed E-state index contributed by atoms with van der Waals surface area (Å²) in [7, 11) is 0. The number of nitrogens with one attached hydrogen (secondary N) is 2. The molecule has 24 heavy (non-hydrogen) atoms. The standard InChI is InChI=1S/C18H23ClN4O/c1-2-11-23(15-7-9-20-10-8-15)18(24)17-12-16(21-22-17)13-3-5-14(19)6-4-13/h3-6,12,15,20H,2,7-11H2,1H3,(H,21,22). The van der Waals surface area contributed by atoms with Crippen molar-refractivity contribution in [2.24, 2.45) is 0 Å². The zero-order valence-corrected chi connectivity index (χ0v) is 14.6. The number of benzene rings is 1. The van der Waals surface area contributed by atoms with Crippen LogP contribution >= 0.6 is 11.6 Å². The van der Waals surface area contributed by atoms with Crippen LogP contribution in [-0.4, -0.2) is 46.7 Å². The maximum absolute atomic E-state index is 12.9. The summed E-state index contributed by atoms with van der Waals surface area (Å²) in [6.07, 6.45) is 2.96. The molecule has 0 radical (unpaired) electrons. The SMILES string of the molecule is CCCN(C(=O)c1cc(-c2ccc(Cl)cc2)n[nH]1)C1CCNCC1. The summed E-state index contributed by atoms with van der Waals surface area (Å²) >= 11 is 5.92. The number of carbonyl (C=O) groups is 1. The Morgan fingerprint density at radius 3 is 2.67 bits per heavy atom. The molecular weight excluding hydrogens is 324 g/mol. The van der Waals surface area contributed by atoms with Gasteiger partial charge in [0.1, 0.15) is 5.69 Å². The summed E-state index contributed by atoms with van der Waals surface area (Å²) in [5.74, 6) is 0.0384. The van der Waals surface area contributed by atoms with E-state index in [9.17, 15) is 4.79 Å². The average Bonchev–Trinajstić information content (AvgIpc) is 3.10. The van der Waals surface area contributed by atoms with Crippen LogP contribution < -0.4 is 5.32 Å². The Hall–Kier alpha value is -1.85. The first-order valence-corrected chi connectivity index (χ1v) is 8.90. The Morgan fingerprint density at radius 1 is 1.29 bits per heavy atom. The fourth-order valence-corrected chi connectivity index (χ4v) is 3.29. The summed E-state index contributed by atoms with van der Waals surface area (Å²) < 4.78 is 0. The highest BCUT2D eigenvalue weighted by Gasteiger charge is 2.26. The van der Waals surface area contributed by atoms with Crippen LogP contribution in [-0.2, 0) is 0 Å². The first kappa shape index (κ1) is 17.0. The molecule has 1 aromatic carbocycles. The smallest absolute Gasteiger partial charge is 0.272 e. The van der Waals surface area contributed by atoms with Gasteiger partial charge in [-0.1, -0.05) is 30.7 Å². The van der Waals surface area contributed by atoms with Crippen LogP contribution in [0.3, 0.4) is 0 Å². The van der Waals surface area contributed by atoms with Crippen molar-refractivity contribution in [3.63, 3.8) is 0 Å². The number of rotatable bonds is 5. The number of halogens is 1. The molecule has 0 unspecified atom stereocenters. The molecule has 6 heteroatoms. The lowest BCUT2D eigenvalue weighted by Gasteiger charge is -2.34. The monoisotopic (exact) mass is 346 g/mol. The minimum atomic E-state index is 0.0384. The minimum Gasteiger partial charge on any atom is -0.334 e. The van der Waals surface area contributed by atoms with E-state index in [1.165, 1.54) is 0 Å². The van der Waals surface area contributed by atoms with E-state index in [0.717, 1.165) is 50.2 Å². The Balaban J connectivity index is 1.78. The lowest BCUT2D eigenvalue weighted by Crippen LogP contribution is -2.46. The Labute approximate surface area is 147 Å². The third-order valence-corrected chi connectivity index (χ3v) is 4.68. The average molecular weight is 347 g/mol. The van der Waals surface area contributed by atoms with Gasteiger partial charge in [-0.2, -0.15) is 5.10 Å². The van der Waals surface area contributed by atoms with Gasteiger partial charge in [-0.3, -0.25) is 9.89 Å². The van der Waals surface area contributed by atoms with Crippen molar-refractivity contribution in [1.29, 1.82) is 0 Å². The second kappa shape index (κ2) is 7.81. The largest absolute Gasteiger partial charge is 0.334 e. The number of hydrogen-bond acceptors (Lipinski definition) is 3. The number of aromatic nitrogens is 2. The number of aromatic amines is 1. The van der Waals surface area contributed by atoms with Crippen LogP contribution in [0.1, 0.15) is 36.7 Å². The summed E-state index contributed by atoms with van der Waals surface area (Å²) in [6.45, 7) is 4.82. The third-order valence-electron chi connectivity index (χ3n) is 4.42. The Morgan fingerprint density at radius 2 is 2.00 bits per heavy atom. The molecule has 0 atom stereocenters. The molecule has 128 valence electrons. The van der Waals surface area contributed by atoms with Crippen LogP contribution in [0, 0.1) is 0 Å². The van der Waals surface area contributed by atoms with Gasteiger partial charge in [0, 0.05) is 23.2 Å². The van der Waals surface area contributed by atoms with Crippen molar-refractivity contribution >= 4 is 17.5 Å². The van der Waals surface area contributed by atoms with E-state index in [1.807, 2.05) is 35.2 Å². The molecule has 5 nitrogen and oxygen atoms in total. The number of nitrogens with zero attached hydrogens (tertiary/aromatic N) is 2. The molecule has 0 spiro atoms. The van der Waals surface area contributed by atoms with Gasteiger partial charge in [0.2, 0.25) is 0 Å². The van der Waals surface area contributed by atoms with Gasteiger partial charge in [-0.25, -0.2) is 0 Å². The van der Waals surface area contributed by atoms with Crippen molar-refractivity contribution in [3.05, 3.63) is 41.0 Å². The molecule has 1 aromatic heterocycles. The van der Waals surface area contributed by atoms with E-state index >= 15 is 0 Å². The number of piperidine rings is 1. The first-order chi connectivity index (χ1) is 11.7. The van der Waals surface area contributed by atoms with Crippen LogP contribution in [0.15, 0.2) is 30.3 Å². The molecule has 0 bridgehead atoms. The lowest BCUT2D eigenvalue weighted by molar-refractivity contribution is 0.0636. The van der Waals surface area contributed by atoms with Gasteiger partial charge < -0.3 is 10.2 Å². The summed E-state index contributed by atoms with van der Waals surface area (Å²) in [6, 6.07) is 9.60. The predicted octanol–water partition coefficient (Wildman–Crippen LogP) is 3.33. The van der Waals surface area contributed by atoms with Crippen LogP contribution in [0.2, 0.25) is 5.02 Å². The molecule has 2 heterocycles. The zero-order valence-electron chi connectivity index (χ0n) is 13.9. The summed E-state index contributed by atoms with van der Waals surface area (Å²) in [4.78, 5) is 14.9. The second-order valence-electron chi connectivity index (χ2n) is 6.15. The molecule has 2 N–H and O–H groups in total. The van der Waals surface area contributed by atoms with Gasteiger partial charge in [-0.15, -0.1) is 0 Å². The highest BCUT2D eigenvalue weighted by atomic mass is 35.5. The summed E-state index contributed by atoms with van der Waals surface area (Å²) in [5, 5.41) is 11.2. The highest BCUT2D eigenvalue weighted by molar-refractivity contribution is 6.30. The third kappa shape index (κ3) is 3.79. The van der Waals surface area contributed by atoms with Crippen molar-refractivity contribution in [2.75, 3.05) is 19.6 Å². The maximum atomic E-state index is 12.9. The molecule has 1 saturated heterocycles. The fraction of sp³-hybridized carbons (Fsp3) is 0.444. The summed E-state index contributed by atoms with van der Waals surface area (Å²) in [5.41, 5.74) is 2.25. The van der Waals surface area contributed by atoms with Crippen LogP contribution in [0.5, 0.6) is 0 Å². The van der Waals surface area contributed by atoms with Crippen LogP contribution in [0.25, 0.3) is 11.3 Å². The van der Waals surface area contributed by atoms with Gasteiger partial charge in [0.15, 0.2) is 0 Å². The highest BCUT2D eigenvalue weighted by Crippen LogP contribution is 2.22. The molecule has 1 aliphatic rings. The molecule has 0 aliphatic carbocycles. The molecule has 0 saturated carbocycles. The number of amides is 1. The fourth-order valence-electron chi connectivity index (χ4n) is 3.16. The van der Waals surface area contributed by atoms with E-state index in [4.69, 9.17) is 11.6 Å². The van der Waals surface area contributed by atoms with E-state index in [2.05, 4.69) is 22.4 Å². The van der Waals surface area contributed by atoms with Gasteiger partial charge in [0.05, 0.1) is 5.69 Å². The molecular formula is C18H23ClN4O. The number of carbonyl (C=O) groups excluding carboxylic acids is 1. The van der Waals surface area contributed by atoms with E-state index in [-0.39, 0.29) is 5.91 Å². The quantitative estimate of drug-likeness (QED) is 0.873. The Bertz CT molecular complexity index is 677. The minimum absolute atomic E-state index is 0.0384. The van der Waals surface area contributed by atoms with Crippen LogP contribution in [0.4, 0.5) is 0 Å². The molecule has 1 aliphatic heterocycles. The molecule has 1 fully saturated rings. The second-order valence-corrected chi connectivity index (χ2v) is 6.59. The van der Waals surface area contributed by atoms with E-state index in [0.29, 0.717) is 16.8 Å². The number of hydrogen-bond donors (Lipinski definition) is 2. The molecule has 1 amide bonds. The van der Waals surface area contributed by atoms with Crippen molar-refractivity contribution in [2.45, 2.75) is 32.2 Å². The van der Waals surface area contributed by atoms with E-state index < -0.39 is 0 Å². The topological polar surface area (TPSA) is 61.0 Å². The first-order valence-electron chi connectivity index (χ1n) is 8.52. The van der Waals surface area contributed by atoms with E-state index in [1.54, 1.807) is 0 Å². The van der Waals surface area contributed by atoms with Crippen molar-refractivity contribution in [1.82, 2.24) is 20.4 Å². The zero-order chi connectivity index (χ0) is 16.9. The van der Waals surface area contributed by atoms with Crippen molar-refractivity contribution in [3.8, 4) is 11.3 Å². The molecule has 3 rings (SSSR count). The van der Waals surface area contributed by atoms with Gasteiger partial charge in [-0.05, 0) is 50.6 Å². The normalized spacial score (nSPS) is 15.4. The lowest BCUT2D eigenvalue weighted by atomic mass is 10.0.